The van der Waals surface area contributed by atoms with Gasteiger partial charge in [0.1, 0.15) is 0 Å². The highest BCUT2D eigenvalue weighted by molar-refractivity contribution is 6.97. The highest BCUT2D eigenvalue weighted by atomic mass is 28.5. The van der Waals surface area contributed by atoms with Crippen LogP contribution in [0.4, 0.5) is 0 Å². The van der Waals surface area contributed by atoms with E-state index >= 15 is 0 Å². The number of unbranched alkanes of at least 4 members (excludes halogenated alkanes) is 8. The third-order valence-electron chi connectivity index (χ3n) is 10.7. The lowest BCUT2D eigenvalue weighted by Gasteiger charge is -2.55. The van der Waals surface area contributed by atoms with Crippen molar-refractivity contribution >= 4 is 34.2 Å². The summed E-state index contributed by atoms with van der Waals surface area (Å²) < 4.78 is 32.4. The highest BCUT2D eigenvalue weighted by Crippen LogP contribution is 2.64. The van der Waals surface area contributed by atoms with E-state index in [4.69, 9.17) is 16.5 Å². The van der Waals surface area contributed by atoms with Crippen molar-refractivity contribution in [3.05, 3.63) is 0 Å². The maximum absolute atomic E-state index is 8.11. The van der Waals surface area contributed by atoms with Gasteiger partial charge in [-0.05, 0) is 75.5 Å². The van der Waals surface area contributed by atoms with Crippen LogP contribution < -0.4 is 0 Å². The summed E-state index contributed by atoms with van der Waals surface area (Å²) in [6, 6.07) is 4.88. The molecule has 4 saturated carbocycles. The van der Waals surface area contributed by atoms with Crippen molar-refractivity contribution in [1.82, 2.24) is 0 Å². The topological polar surface area (TPSA) is 36.9 Å². The minimum absolute atomic E-state index is 0.709. The fraction of sp³-hybridized carbons (Fsp3) is 1.00. The fourth-order valence-corrected chi connectivity index (χ4v) is 36.6. The molecule has 0 amide bonds. The molecule has 0 N–H and O–H groups in total. The maximum atomic E-state index is 8.11. The van der Waals surface area contributed by atoms with Crippen LogP contribution in [-0.2, 0) is 16.5 Å². The van der Waals surface area contributed by atoms with Crippen molar-refractivity contribution < 1.29 is 16.5 Å². The van der Waals surface area contributed by atoms with Crippen molar-refractivity contribution in [3.8, 4) is 0 Å². The van der Waals surface area contributed by atoms with Gasteiger partial charge >= 0.3 is 34.2 Å². The zero-order chi connectivity index (χ0) is 28.1. The molecule has 1 heterocycles. The van der Waals surface area contributed by atoms with Gasteiger partial charge in [0, 0.05) is 22.2 Å². The maximum Gasteiger partial charge on any atom is 0.323 e. The van der Waals surface area contributed by atoms with Gasteiger partial charge in [0.25, 0.3) is 0 Å². The third-order valence-corrected chi connectivity index (χ3v) is 33.2. The molecule has 232 valence electrons. The Morgan fingerprint density at radius 1 is 0.350 bits per heavy atom. The Bertz CT molecular complexity index is 645. The summed E-state index contributed by atoms with van der Waals surface area (Å²) >= 11 is 0. The van der Waals surface area contributed by atoms with Crippen LogP contribution >= 0.6 is 0 Å². The average molecular weight is 625 g/mol. The summed E-state index contributed by atoms with van der Waals surface area (Å²) in [6.07, 6.45) is 26.3. The fourth-order valence-electron chi connectivity index (χ4n) is 7.72. The van der Waals surface area contributed by atoms with Crippen LogP contribution in [0.15, 0.2) is 0 Å². The van der Waals surface area contributed by atoms with Crippen LogP contribution in [0.25, 0.3) is 0 Å². The molecule has 0 bridgehead atoms. The second kappa shape index (κ2) is 14.2. The normalized spacial score (nSPS) is 36.9. The SMILES string of the molecule is CCCCC[Si]1(C2CC2)O[Si](CCCCC)(C2CC2)O[Si](CCCCC)(C2CC2)O[Si](CCCCC)(C2CC2)O1. The molecule has 0 aromatic rings. The van der Waals surface area contributed by atoms with E-state index in [0.29, 0.717) is 22.2 Å². The summed E-state index contributed by atoms with van der Waals surface area (Å²) in [4.78, 5) is 0. The van der Waals surface area contributed by atoms with E-state index in [1.165, 1.54) is 153 Å². The Morgan fingerprint density at radius 2 is 0.550 bits per heavy atom. The molecule has 0 radical (unpaired) electrons. The molecule has 0 unspecified atom stereocenters. The van der Waals surface area contributed by atoms with E-state index in [9.17, 15) is 0 Å². The number of hydrogen-bond acceptors (Lipinski definition) is 4. The Kier molecular flexibility index (Phi) is 11.4. The summed E-state index contributed by atoms with van der Waals surface area (Å²) in [6.45, 7) is 9.41. The van der Waals surface area contributed by atoms with Gasteiger partial charge in [-0.25, -0.2) is 0 Å². The van der Waals surface area contributed by atoms with Crippen LogP contribution in [-0.4, -0.2) is 34.2 Å². The number of rotatable bonds is 20. The van der Waals surface area contributed by atoms with E-state index in [-0.39, 0.29) is 0 Å². The Labute approximate surface area is 252 Å². The van der Waals surface area contributed by atoms with Gasteiger partial charge in [-0.1, -0.05) is 105 Å². The van der Waals surface area contributed by atoms with Crippen molar-refractivity contribution in [3.63, 3.8) is 0 Å². The van der Waals surface area contributed by atoms with Crippen LogP contribution in [0.2, 0.25) is 46.3 Å². The lowest BCUT2D eigenvalue weighted by atomic mass is 10.3. The molecule has 0 atom stereocenters. The van der Waals surface area contributed by atoms with E-state index in [0.717, 1.165) is 0 Å². The lowest BCUT2D eigenvalue weighted by molar-refractivity contribution is 0.200. The van der Waals surface area contributed by atoms with E-state index in [1.54, 1.807) is 0 Å². The van der Waals surface area contributed by atoms with Crippen molar-refractivity contribution in [1.29, 1.82) is 0 Å². The molecule has 8 heteroatoms. The standard InChI is InChI=1S/C32H64O4Si4/c1-5-9-13-25-37(29-17-18-29)33-38(30-19-20-30,26-14-10-6-2)35-40(32-23-24-32,28-16-12-8-4)36-39(34-37,31-21-22-31)27-15-11-7-3/h29-32H,5-28H2,1-4H3. The van der Waals surface area contributed by atoms with E-state index in [1.807, 2.05) is 0 Å². The van der Waals surface area contributed by atoms with Crippen molar-refractivity contribution in [2.45, 2.75) is 202 Å². The summed E-state index contributed by atoms with van der Waals surface area (Å²) in [7, 11) is -9.70. The zero-order valence-corrected chi connectivity index (χ0v) is 30.9. The average Bonchev–Trinajstić information content (AvgIpc) is 3.76. The Hall–Kier alpha value is 0.708. The van der Waals surface area contributed by atoms with Crippen LogP contribution in [0.3, 0.4) is 0 Å². The van der Waals surface area contributed by atoms with Crippen LogP contribution in [0, 0.1) is 0 Å². The molecule has 5 aliphatic rings. The highest BCUT2D eigenvalue weighted by Gasteiger charge is 2.72. The first-order valence-electron chi connectivity index (χ1n) is 18.3. The van der Waals surface area contributed by atoms with Crippen LogP contribution in [0.1, 0.15) is 156 Å². The lowest BCUT2D eigenvalue weighted by Crippen LogP contribution is -2.71. The molecule has 5 fully saturated rings. The van der Waals surface area contributed by atoms with Gasteiger partial charge in [0.15, 0.2) is 0 Å². The van der Waals surface area contributed by atoms with Crippen molar-refractivity contribution in [2.75, 3.05) is 0 Å². The summed E-state index contributed by atoms with van der Waals surface area (Å²) in [5.41, 5.74) is 2.83. The molecule has 0 aromatic heterocycles. The van der Waals surface area contributed by atoms with Crippen LogP contribution in [0.5, 0.6) is 0 Å². The molecule has 40 heavy (non-hydrogen) atoms. The molecule has 0 spiro atoms. The molecule has 0 aromatic carbocycles. The molecular formula is C32H64O4Si4. The molecule has 5 rings (SSSR count). The first-order valence-corrected chi connectivity index (χ1v) is 26.7. The minimum atomic E-state index is -2.42. The smallest absolute Gasteiger partial charge is 0.323 e. The van der Waals surface area contributed by atoms with Gasteiger partial charge in [-0.2, -0.15) is 0 Å². The quantitative estimate of drug-likeness (QED) is 0.0997. The molecule has 4 aliphatic carbocycles. The van der Waals surface area contributed by atoms with Gasteiger partial charge in [-0.15, -0.1) is 0 Å². The Balaban J connectivity index is 1.57. The second-order valence-electron chi connectivity index (χ2n) is 14.6. The third kappa shape index (κ3) is 7.67. The number of hydrogen-bond donors (Lipinski definition) is 0. The van der Waals surface area contributed by atoms with Gasteiger partial charge in [0.2, 0.25) is 0 Å². The molecule has 4 nitrogen and oxygen atoms in total. The Morgan fingerprint density at radius 3 is 0.700 bits per heavy atom. The zero-order valence-electron chi connectivity index (χ0n) is 26.9. The minimum Gasteiger partial charge on any atom is -0.415 e. The van der Waals surface area contributed by atoms with Gasteiger partial charge in [-0.3, -0.25) is 0 Å². The first kappa shape index (κ1) is 32.1. The molecule has 1 saturated heterocycles. The molecular weight excluding hydrogens is 561 g/mol. The molecule has 1 aliphatic heterocycles. The monoisotopic (exact) mass is 624 g/mol. The summed E-state index contributed by atoms with van der Waals surface area (Å²) in [5, 5.41) is 0. The van der Waals surface area contributed by atoms with E-state index < -0.39 is 34.2 Å². The van der Waals surface area contributed by atoms with Gasteiger partial charge < -0.3 is 16.5 Å². The van der Waals surface area contributed by atoms with E-state index in [2.05, 4.69) is 27.7 Å². The first-order chi connectivity index (χ1) is 19.5. The van der Waals surface area contributed by atoms with Gasteiger partial charge in [0.05, 0.1) is 0 Å². The van der Waals surface area contributed by atoms with Crippen molar-refractivity contribution in [2.24, 2.45) is 0 Å². The second-order valence-corrected chi connectivity index (χ2v) is 29.6. The summed E-state index contributed by atoms with van der Waals surface area (Å²) in [5.74, 6) is 0. The predicted molar refractivity (Wildman–Crippen MR) is 177 cm³/mol. The predicted octanol–water partition coefficient (Wildman–Crippen LogP) is 11.3. The largest absolute Gasteiger partial charge is 0.415 e.